The van der Waals surface area contributed by atoms with Crippen molar-refractivity contribution in [2.75, 3.05) is 0 Å². The van der Waals surface area contributed by atoms with Crippen LogP contribution in [0.5, 0.6) is 0 Å². The molecule has 2 nitrogen and oxygen atoms in total. The van der Waals surface area contributed by atoms with Gasteiger partial charge in [0, 0.05) is 11.5 Å². The highest BCUT2D eigenvalue weighted by atomic mass is 35.5. The summed E-state index contributed by atoms with van der Waals surface area (Å²) < 4.78 is 0. The molecule has 0 saturated heterocycles. The molecule has 1 aromatic heterocycles. The lowest BCUT2D eigenvalue weighted by Crippen LogP contribution is -2.05. The van der Waals surface area contributed by atoms with Gasteiger partial charge in [0.05, 0.1) is 5.69 Å². The van der Waals surface area contributed by atoms with Crippen molar-refractivity contribution in [3.8, 4) is 0 Å². The number of aryl methyl sites for hydroxylation is 1. The van der Waals surface area contributed by atoms with Crippen LogP contribution in [0.2, 0.25) is 5.28 Å². The van der Waals surface area contributed by atoms with Crippen molar-refractivity contribution in [3.05, 3.63) is 17.2 Å². The summed E-state index contributed by atoms with van der Waals surface area (Å²) in [5.41, 5.74) is 0.991. The van der Waals surface area contributed by atoms with Gasteiger partial charge in [-0.1, -0.05) is 6.92 Å². The minimum atomic E-state index is 0.322. The van der Waals surface area contributed by atoms with E-state index >= 15 is 0 Å². The summed E-state index contributed by atoms with van der Waals surface area (Å²) in [7, 11) is 2.57. The maximum atomic E-state index is 5.56. The fraction of sp³-hybridized carbons (Fsp3) is 0.333. The Balaban J connectivity index is 3.09. The number of hydrogen-bond donors (Lipinski definition) is 0. The Morgan fingerprint density at radius 2 is 2.40 bits per heavy atom. The van der Waals surface area contributed by atoms with Crippen LogP contribution in [0.25, 0.3) is 0 Å². The van der Waals surface area contributed by atoms with E-state index in [-0.39, 0.29) is 0 Å². The Labute approximate surface area is 67.2 Å². The zero-order valence-electron chi connectivity index (χ0n) is 5.63. The summed E-state index contributed by atoms with van der Waals surface area (Å²) >= 11 is 5.56. The van der Waals surface area contributed by atoms with E-state index in [2.05, 4.69) is 19.2 Å². The molecule has 0 amide bonds. The second kappa shape index (κ2) is 3.27. The third-order valence-corrected chi connectivity index (χ3v) is 1.87. The van der Waals surface area contributed by atoms with Crippen LogP contribution in [-0.4, -0.2) is 9.97 Å². The Morgan fingerprint density at radius 3 is 2.90 bits per heavy atom. The Bertz CT molecular complexity index is 239. The number of rotatable bonds is 1. The highest BCUT2D eigenvalue weighted by molar-refractivity contribution is 7.27. The lowest BCUT2D eigenvalue weighted by atomic mass is 10.3. The van der Waals surface area contributed by atoms with E-state index in [0.717, 1.165) is 17.4 Å². The highest BCUT2D eigenvalue weighted by Crippen LogP contribution is 2.02. The van der Waals surface area contributed by atoms with Gasteiger partial charge in [-0.15, -0.1) is 9.24 Å². The maximum Gasteiger partial charge on any atom is 0.222 e. The zero-order chi connectivity index (χ0) is 7.56. The molecule has 0 aliphatic carbocycles. The number of halogens is 1. The van der Waals surface area contributed by atoms with Gasteiger partial charge in [-0.05, 0) is 18.0 Å². The van der Waals surface area contributed by atoms with Gasteiger partial charge in [-0.2, -0.15) is 0 Å². The van der Waals surface area contributed by atoms with E-state index in [4.69, 9.17) is 11.6 Å². The summed E-state index contributed by atoms with van der Waals surface area (Å²) in [5, 5.41) is 1.34. The van der Waals surface area contributed by atoms with Gasteiger partial charge in [0.25, 0.3) is 0 Å². The average molecular weight is 175 g/mol. The first-order chi connectivity index (χ1) is 4.74. The Kier molecular flexibility index (Phi) is 2.58. The van der Waals surface area contributed by atoms with E-state index in [1.165, 1.54) is 0 Å². The fourth-order valence-electron chi connectivity index (χ4n) is 0.685. The summed E-state index contributed by atoms with van der Waals surface area (Å²) in [4.78, 5) is 7.85. The van der Waals surface area contributed by atoms with E-state index in [9.17, 15) is 0 Å². The lowest BCUT2D eigenvalue weighted by molar-refractivity contribution is 1.02. The normalized spacial score (nSPS) is 9.90. The van der Waals surface area contributed by atoms with Crippen molar-refractivity contribution in [3.63, 3.8) is 0 Å². The minimum Gasteiger partial charge on any atom is -0.226 e. The molecule has 1 aromatic rings. The Morgan fingerprint density at radius 1 is 1.70 bits per heavy atom. The molecule has 1 heterocycles. The first-order valence-corrected chi connectivity index (χ1v) is 3.96. The van der Waals surface area contributed by atoms with Gasteiger partial charge in [0.1, 0.15) is 0 Å². The second-order valence-corrected chi connectivity index (χ2v) is 2.85. The lowest BCUT2D eigenvalue weighted by Gasteiger charge is -1.98. The first-order valence-electron chi connectivity index (χ1n) is 3.01. The van der Waals surface area contributed by atoms with Crippen LogP contribution in [0, 0.1) is 0 Å². The van der Waals surface area contributed by atoms with Crippen LogP contribution in [0.3, 0.4) is 0 Å². The molecule has 54 valence electrons. The summed E-state index contributed by atoms with van der Waals surface area (Å²) in [6, 6.07) is 0. The van der Waals surface area contributed by atoms with Gasteiger partial charge in [0.2, 0.25) is 5.28 Å². The van der Waals surface area contributed by atoms with Crippen molar-refractivity contribution in [1.82, 2.24) is 9.97 Å². The molecule has 1 unspecified atom stereocenters. The molecule has 4 heteroatoms. The van der Waals surface area contributed by atoms with Crippen molar-refractivity contribution >= 4 is 26.1 Å². The van der Waals surface area contributed by atoms with Gasteiger partial charge >= 0.3 is 0 Å². The third kappa shape index (κ3) is 1.65. The maximum absolute atomic E-state index is 5.56. The van der Waals surface area contributed by atoms with Crippen molar-refractivity contribution in [2.24, 2.45) is 0 Å². The first kappa shape index (κ1) is 7.90. The van der Waals surface area contributed by atoms with Crippen molar-refractivity contribution < 1.29 is 0 Å². The van der Waals surface area contributed by atoms with Crippen LogP contribution >= 0.6 is 20.8 Å². The third-order valence-electron chi connectivity index (χ3n) is 1.21. The standard InChI is InChI=1S/C6H8ClN2P/c1-2-4-5(10)3-8-6(7)9-4/h3H,2,10H2,1H3. The topological polar surface area (TPSA) is 25.8 Å². The number of aromatic nitrogens is 2. The van der Waals surface area contributed by atoms with E-state index in [1.807, 2.05) is 6.92 Å². The SMILES string of the molecule is CCc1nc(Cl)ncc1P. The molecule has 0 aromatic carbocycles. The van der Waals surface area contributed by atoms with Gasteiger partial charge in [-0.3, -0.25) is 0 Å². The van der Waals surface area contributed by atoms with E-state index in [0.29, 0.717) is 5.28 Å². The molecule has 0 N–H and O–H groups in total. The molecular weight excluding hydrogens is 167 g/mol. The highest BCUT2D eigenvalue weighted by Gasteiger charge is 1.97. The van der Waals surface area contributed by atoms with Crippen LogP contribution in [0.15, 0.2) is 6.20 Å². The summed E-state index contributed by atoms with van der Waals surface area (Å²) in [5.74, 6) is 0. The predicted molar refractivity (Wildman–Crippen MR) is 45.8 cm³/mol. The average Bonchev–Trinajstić information content (AvgIpc) is 1.94. The Hall–Kier alpha value is -0.200. The van der Waals surface area contributed by atoms with Gasteiger partial charge < -0.3 is 0 Å². The minimum absolute atomic E-state index is 0.322. The predicted octanol–water partition coefficient (Wildman–Crippen LogP) is 1.19. The van der Waals surface area contributed by atoms with Crippen LogP contribution < -0.4 is 5.30 Å². The smallest absolute Gasteiger partial charge is 0.222 e. The fourth-order valence-corrected chi connectivity index (χ4v) is 1.18. The molecule has 0 saturated carbocycles. The quantitative estimate of drug-likeness (QED) is 0.472. The molecule has 0 spiro atoms. The molecular formula is C6H8ClN2P. The van der Waals surface area contributed by atoms with Gasteiger partial charge in [0.15, 0.2) is 0 Å². The summed E-state index contributed by atoms with van der Waals surface area (Å²) in [6.07, 6.45) is 2.60. The van der Waals surface area contributed by atoms with Crippen molar-refractivity contribution in [1.29, 1.82) is 0 Å². The van der Waals surface area contributed by atoms with Crippen LogP contribution in [0.4, 0.5) is 0 Å². The molecule has 0 aliphatic rings. The van der Waals surface area contributed by atoms with Crippen LogP contribution in [-0.2, 0) is 6.42 Å². The monoisotopic (exact) mass is 174 g/mol. The van der Waals surface area contributed by atoms with Crippen molar-refractivity contribution in [2.45, 2.75) is 13.3 Å². The molecule has 1 atom stereocenters. The molecule has 0 fully saturated rings. The van der Waals surface area contributed by atoms with Crippen LogP contribution in [0.1, 0.15) is 12.6 Å². The largest absolute Gasteiger partial charge is 0.226 e. The molecule has 1 rings (SSSR count). The molecule has 0 radical (unpaired) electrons. The van der Waals surface area contributed by atoms with E-state index in [1.54, 1.807) is 6.20 Å². The van der Waals surface area contributed by atoms with E-state index < -0.39 is 0 Å². The summed E-state index contributed by atoms with van der Waals surface area (Å²) in [6.45, 7) is 2.03. The number of nitrogens with zero attached hydrogens (tertiary/aromatic N) is 2. The molecule has 0 bridgehead atoms. The zero-order valence-corrected chi connectivity index (χ0v) is 7.54. The molecule has 0 aliphatic heterocycles. The number of hydrogen-bond acceptors (Lipinski definition) is 2. The molecule has 10 heavy (non-hydrogen) atoms. The van der Waals surface area contributed by atoms with Gasteiger partial charge in [-0.25, -0.2) is 9.97 Å². The second-order valence-electron chi connectivity index (χ2n) is 1.89.